The highest BCUT2D eigenvalue weighted by atomic mass is 16.5. The number of para-hydroxylation sites is 1. The molecule has 0 radical (unpaired) electrons. The van der Waals surface area contributed by atoms with Crippen molar-refractivity contribution in [1.29, 1.82) is 5.26 Å². The molecule has 2 aromatic carbocycles. The smallest absolute Gasteiger partial charge is 0.191 e. The number of aliphatic imine (C=N–C) groups is 1. The maximum absolute atomic E-state index is 8.81. The van der Waals surface area contributed by atoms with E-state index in [1.54, 1.807) is 12.1 Å². The van der Waals surface area contributed by atoms with Crippen molar-refractivity contribution in [1.82, 2.24) is 10.6 Å². The number of hydrogen-bond acceptors (Lipinski definition) is 3. The second kappa shape index (κ2) is 9.90. The molecular formula is C19H22N4O. The van der Waals surface area contributed by atoms with Crippen LogP contribution in [0.1, 0.15) is 18.1 Å². The average molecular weight is 322 g/mol. The van der Waals surface area contributed by atoms with E-state index >= 15 is 0 Å². The fourth-order valence-corrected chi connectivity index (χ4v) is 2.05. The Balaban J connectivity index is 1.80. The molecular weight excluding hydrogens is 300 g/mol. The molecule has 0 amide bonds. The van der Waals surface area contributed by atoms with E-state index in [0.717, 1.165) is 23.8 Å². The lowest BCUT2D eigenvalue weighted by Crippen LogP contribution is -2.39. The van der Waals surface area contributed by atoms with Crippen molar-refractivity contribution in [2.75, 3.05) is 19.7 Å². The number of nitrogens with zero attached hydrogens (tertiary/aromatic N) is 2. The molecule has 2 rings (SSSR count). The van der Waals surface area contributed by atoms with E-state index < -0.39 is 0 Å². The van der Waals surface area contributed by atoms with Crippen molar-refractivity contribution in [3.05, 3.63) is 65.7 Å². The van der Waals surface area contributed by atoms with Gasteiger partial charge in [0.05, 0.1) is 24.7 Å². The highest BCUT2D eigenvalue weighted by molar-refractivity contribution is 5.79. The van der Waals surface area contributed by atoms with Gasteiger partial charge < -0.3 is 15.4 Å². The lowest BCUT2D eigenvalue weighted by atomic mass is 10.1. The summed E-state index contributed by atoms with van der Waals surface area (Å²) in [6.07, 6.45) is 0. The van der Waals surface area contributed by atoms with Gasteiger partial charge in [-0.25, -0.2) is 4.99 Å². The van der Waals surface area contributed by atoms with Crippen LogP contribution in [0.2, 0.25) is 0 Å². The van der Waals surface area contributed by atoms with E-state index in [4.69, 9.17) is 10.00 Å². The van der Waals surface area contributed by atoms with Gasteiger partial charge in [0, 0.05) is 6.54 Å². The Bertz CT molecular complexity index is 675. The first-order valence-electron chi connectivity index (χ1n) is 8.01. The van der Waals surface area contributed by atoms with Gasteiger partial charge in [0.1, 0.15) is 12.4 Å². The summed E-state index contributed by atoms with van der Waals surface area (Å²) in [6, 6.07) is 19.3. The molecule has 5 nitrogen and oxygen atoms in total. The van der Waals surface area contributed by atoms with Crippen molar-refractivity contribution in [2.24, 2.45) is 4.99 Å². The van der Waals surface area contributed by atoms with Crippen LogP contribution in [0.5, 0.6) is 5.75 Å². The SMILES string of the molecule is CCNC(=NCc1ccc(C#N)cc1)NCCOc1ccccc1. The Morgan fingerprint density at radius 3 is 2.50 bits per heavy atom. The number of rotatable bonds is 7. The third kappa shape index (κ3) is 6.01. The minimum atomic E-state index is 0.556. The Morgan fingerprint density at radius 1 is 1.08 bits per heavy atom. The maximum atomic E-state index is 8.81. The largest absolute Gasteiger partial charge is 0.492 e. The van der Waals surface area contributed by atoms with Crippen LogP contribution in [-0.2, 0) is 6.54 Å². The quantitative estimate of drug-likeness (QED) is 0.467. The fourth-order valence-electron chi connectivity index (χ4n) is 2.05. The number of ether oxygens (including phenoxy) is 1. The van der Waals surface area contributed by atoms with Gasteiger partial charge in [-0.15, -0.1) is 0 Å². The van der Waals surface area contributed by atoms with E-state index in [2.05, 4.69) is 21.7 Å². The lowest BCUT2D eigenvalue weighted by Gasteiger charge is -2.12. The molecule has 0 atom stereocenters. The summed E-state index contributed by atoms with van der Waals surface area (Å²) < 4.78 is 5.65. The van der Waals surface area contributed by atoms with E-state index in [-0.39, 0.29) is 0 Å². The van der Waals surface area contributed by atoms with Gasteiger partial charge in [0.15, 0.2) is 5.96 Å². The standard InChI is InChI=1S/C19H22N4O/c1-2-21-19(22-12-13-24-18-6-4-3-5-7-18)23-15-17-10-8-16(14-20)9-11-17/h3-11H,2,12-13,15H2,1H3,(H2,21,22,23). The maximum Gasteiger partial charge on any atom is 0.191 e. The summed E-state index contributed by atoms with van der Waals surface area (Å²) in [5.41, 5.74) is 1.72. The highest BCUT2D eigenvalue weighted by Gasteiger charge is 1.98. The van der Waals surface area contributed by atoms with Gasteiger partial charge in [-0.05, 0) is 36.8 Å². The Hall–Kier alpha value is -3.00. The molecule has 0 heterocycles. The number of hydrogen-bond donors (Lipinski definition) is 2. The van der Waals surface area contributed by atoms with Gasteiger partial charge in [-0.1, -0.05) is 30.3 Å². The second-order valence-corrected chi connectivity index (χ2v) is 5.09. The lowest BCUT2D eigenvalue weighted by molar-refractivity contribution is 0.322. The zero-order valence-electron chi connectivity index (χ0n) is 13.8. The summed E-state index contributed by atoms with van der Waals surface area (Å²) in [5, 5.41) is 15.3. The highest BCUT2D eigenvalue weighted by Crippen LogP contribution is 2.07. The molecule has 0 fully saturated rings. The number of nitrogens with one attached hydrogen (secondary N) is 2. The zero-order valence-corrected chi connectivity index (χ0v) is 13.8. The number of benzene rings is 2. The third-order valence-electron chi connectivity index (χ3n) is 3.25. The molecule has 0 aromatic heterocycles. The molecule has 124 valence electrons. The summed E-state index contributed by atoms with van der Waals surface area (Å²) in [4.78, 5) is 4.54. The predicted octanol–water partition coefficient (Wildman–Crippen LogP) is 2.69. The van der Waals surface area contributed by atoms with Crippen LogP contribution in [-0.4, -0.2) is 25.7 Å². The summed E-state index contributed by atoms with van der Waals surface area (Å²) in [5.74, 6) is 1.61. The van der Waals surface area contributed by atoms with Crippen molar-refractivity contribution in [3.63, 3.8) is 0 Å². The second-order valence-electron chi connectivity index (χ2n) is 5.09. The number of guanidine groups is 1. The van der Waals surface area contributed by atoms with Gasteiger partial charge in [0.25, 0.3) is 0 Å². The van der Waals surface area contributed by atoms with Gasteiger partial charge in [-0.3, -0.25) is 0 Å². The van der Waals surface area contributed by atoms with Crippen LogP contribution in [0, 0.1) is 11.3 Å². The molecule has 0 saturated carbocycles. The molecule has 0 spiro atoms. The molecule has 2 N–H and O–H groups in total. The fraction of sp³-hybridized carbons (Fsp3) is 0.263. The van der Waals surface area contributed by atoms with Crippen molar-refractivity contribution >= 4 is 5.96 Å². The normalized spacial score (nSPS) is 10.8. The molecule has 5 heteroatoms. The molecule has 0 aliphatic rings. The average Bonchev–Trinajstić information content (AvgIpc) is 2.64. The Labute approximate surface area is 143 Å². The van der Waals surface area contributed by atoms with Gasteiger partial charge in [-0.2, -0.15) is 5.26 Å². The van der Waals surface area contributed by atoms with Gasteiger partial charge >= 0.3 is 0 Å². The molecule has 0 aliphatic heterocycles. The van der Waals surface area contributed by atoms with Gasteiger partial charge in [0.2, 0.25) is 0 Å². The molecule has 0 bridgehead atoms. The van der Waals surface area contributed by atoms with E-state index in [1.807, 2.05) is 49.4 Å². The van der Waals surface area contributed by atoms with E-state index in [9.17, 15) is 0 Å². The molecule has 24 heavy (non-hydrogen) atoms. The zero-order chi connectivity index (χ0) is 17.0. The predicted molar refractivity (Wildman–Crippen MR) is 95.9 cm³/mol. The first-order valence-corrected chi connectivity index (χ1v) is 8.01. The van der Waals surface area contributed by atoms with Crippen molar-refractivity contribution in [2.45, 2.75) is 13.5 Å². The molecule has 0 saturated heterocycles. The minimum absolute atomic E-state index is 0.556. The first-order chi connectivity index (χ1) is 11.8. The third-order valence-corrected chi connectivity index (χ3v) is 3.25. The Kier molecular flexibility index (Phi) is 7.16. The monoisotopic (exact) mass is 322 g/mol. The van der Waals surface area contributed by atoms with Crippen LogP contribution >= 0.6 is 0 Å². The topological polar surface area (TPSA) is 69.4 Å². The van der Waals surface area contributed by atoms with Crippen molar-refractivity contribution in [3.8, 4) is 11.8 Å². The van der Waals surface area contributed by atoms with E-state index in [1.165, 1.54) is 0 Å². The van der Waals surface area contributed by atoms with Crippen LogP contribution in [0.15, 0.2) is 59.6 Å². The Morgan fingerprint density at radius 2 is 1.83 bits per heavy atom. The van der Waals surface area contributed by atoms with E-state index in [0.29, 0.717) is 25.3 Å². The summed E-state index contributed by atoms with van der Waals surface area (Å²) in [6.45, 7) is 4.60. The van der Waals surface area contributed by atoms with Crippen LogP contribution in [0.4, 0.5) is 0 Å². The van der Waals surface area contributed by atoms with Crippen LogP contribution in [0.3, 0.4) is 0 Å². The number of nitriles is 1. The molecule has 2 aromatic rings. The van der Waals surface area contributed by atoms with Crippen LogP contribution < -0.4 is 15.4 Å². The van der Waals surface area contributed by atoms with Crippen molar-refractivity contribution < 1.29 is 4.74 Å². The first kappa shape index (κ1) is 17.4. The van der Waals surface area contributed by atoms with Crippen LogP contribution in [0.25, 0.3) is 0 Å². The molecule has 0 unspecified atom stereocenters. The minimum Gasteiger partial charge on any atom is -0.492 e. The molecule has 0 aliphatic carbocycles. The summed E-state index contributed by atoms with van der Waals surface area (Å²) >= 11 is 0. The summed E-state index contributed by atoms with van der Waals surface area (Å²) in [7, 11) is 0.